The Balaban J connectivity index is 1.96. The third-order valence-corrected chi connectivity index (χ3v) is 5.43. The number of nitrogens with two attached hydrogens (primary N) is 1. The summed E-state index contributed by atoms with van der Waals surface area (Å²) in [5.74, 6) is -0.710. The maximum absolute atomic E-state index is 13.4. The van der Waals surface area contributed by atoms with Crippen LogP contribution in [0.2, 0.25) is 0 Å². The molecule has 1 aromatic carbocycles. The number of carbonyl (C=O) groups excluding carboxylic acids is 1. The highest BCUT2D eigenvalue weighted by Gasteiger charge is 2.36. The lowest BCUT2D eigenvalue weighted by molar-refractivity contribution is -0.138. The third kappa shape index (κ3) is 4.20. The zero-order chi connectivity index (χ0) is 22.4. The van der Waals surface area contributed by atoms with E-state index < -0.39 is 29.4 Å². The summed E-state index contributed by atoms with van der Waals surface area (Å²) in [6.45, 7) is 1.21. The minimum absolute atomic E-state index is 0.0318. The van der Waals surface area contributed by atoms with E-state index in [1.807, 2.05) is 0 Å². The highest BCUT2D eigenvalue weighted by molar-refractivity contribution is 7.21. The van der Waals surface area contributed by atoms with E-state index >= 15 is 0 Å². The van der Waals surface area contributed by atoms with Crippen molar-refractivity contribution in [2.45, 2.75) is 25.8 Å². The number of rotatable bonds is 3. The molecule has 4 nitrogen and oxygen atoms in total. The van der Waals surface area contributed by atoms with E-state index in [2.05, 4.69) is 4.98 Å². The predicted octanol–water partition coefficient (Wildman–Crippen LogP) is 5.50. The van der Waals surface area contributed by atoms with Gasteiger partial charge in [0.2, 0.25) is 0 Å². The molecule has 0 aliphatic heterocycles. The second kappa shape index (κ2) is 7.46. The van der Waals surface area contributed by atoms with Crippen LogP contribution in [0.1, 0.15) is 32.1 Å². The molecule has 3 rings (SSSR count). The molecule has 0 atom stereocenters. The van der Waals surface area contributed by atoms with Gasteiger partial charge in [-0.3, -0.25) is 4.79 Å². The van der Waals surface area contributed by atoms with Crippen LogP contribution in [-0.4, -0.2) is 22.8 Å². The van der Waals surface area contributed by atoms with Crippen molar-refractivity contribution in [3.63, 3.8) is 0 Å². The first-order chi connectivity index (χ1) is 13.8. The minimum atomic E-state index is -4.69. The maximum Gasteiger partial charge on any atom is 0.417 e. The summed E-state index contributed by atoms with van der Waals surface area (Å²) in [5, 5.41) is -0.353. The first-order valence-electron chi connectivity index (χ1n) is 8.47. The summed E-state index contributed by atoms with van der Waals surface area (Å²) in [6, 6.07) is 5.30. The molecule has 11 heteroatoms. The molecule has 3 aromatic rings. The number of pyridine rings is 1. The summed E-state index contributed by atoms with van der Waals surface area (Å²) in [7, 11) is 1.33. The maximum atomic E-state index is 13.4. The number of anilines is 1. The fraction of sp³-hybridized carbons (Fsp3) is 0.263. The Labute approximate surface area is 170 Å². The number of hydrogen-bond acceptors (Lipinski definition) is 4. The molecule has 2 heterocycles. The van der Waals surface area contributed by atoms with Gasteiger partial charge in [-0.1, -0.05) is 12.1 Å². The van der Waals surface area contributed by atoms with Crippen molar-refractivity contribution in [3.05, 3.63) is 57.6 Å². The van der Waals surface area contributed by atoms with Gasteiger partial charge in [-0.15, -0.1) is 11.3 Å². The molecule has 0 spiro atoms. The Morgan fingerprint density at radius 3 is 2.40 bits per heavy atom. The van der Waals surface area contributed by atoms with Gasteiger partial charge in [0.05, 0.1) is 16.8 Å². The SMILES string of the molecule is Cc1cc(C(F)(F)F)c2c(N)c(C(=O)N(C)Cc3cccc(C(F)(F)F)c3)sc2n1. The molecule has 0 bridgehead atoms. The van der Waals surface area contributed by atoms with Crippen LogP contribution in [0.15, 0.2) is 30.3 Å². The van der Waals surface area contributed by atoms with Gasteiger partial charge < -0.3 is 10.6 Å². The Kier molecular flexibility index (Phi) is 5.44. The number of nitrogens with zero attached hydrogens (tertiary/aromatic N) is 2. The van der Waals surface area contributed by atoms with Gasteiger partial charge in [0.15, 0.2) is 0 Å². The van der Waals surface area contributed by atoms with Crippen molar-refractivity contribution in [1.82, 2.24) is 9.88 Å². The van der Waals surface area contributed by atoms with Crippen molar-refractivity contribution in [2.75, 3.05) is 12.8 Å². The number of aromatic nitrogens is 1. The number of amides is 1. The average Bonchev–Trinajstić information content (AvgIpc) is 2.95. The molecule has 0 fully saturated rings. The lowest BCUT2D eigenvalue weighted by Gasteiger charge is -2.18. The normalized spacial score (nSPS) is 12.4. The molecule has 2 N–H and O–H groups in total. The molecule has 0 aliphatic carbocycles. The number of hydrogen-bond donors (Lipinski definition) is 1. The standard InChI is InChI=1S/C19H15F6N3OS/c1-9-6-12(19(23,24)25)13-14(26)15(30-16(13)27-9)17(29)28(2)8-10-4-3-5-11(7-10)18(20,21)22/h3-7H,8,26H2,1-2H3. The third-order valence-electron chi connectivity index (χ3n) is 4.35. The van der Waals surface area contributed by atoms with Crippen molar-refractivity contribution in [3.8, 4) is 0 Å². The number of aryl methyl sites for hydroxylation is 1. The average molecular weight is 447 g/mol. The van der Waals surface area contributed by atoms with Crippen LogP contribution >= 0.6 is 11.3 Å². The topological polar surface area (TPSA) is 59.2 Å². The zero-order valence-electron chi connectivity index (χ0n) is 15.6. The van der Waals surface area contributed by atoms with E-state index in [1.54, 1.807) is 0 Å². The van der Waals surface area contributed by atoms with Gasteiger partial charge in [-0.25, -0.2) is 4.98 Å². The van der Waals surface area contributed by atoms with Crippen molar-refractivity contribution in [1.29, 1.82) is 0 Å². The van der Waals surface area contributed by atoms with Crippen LogP contribution in [0.3, 0.4) is 0 Å². The van der Waals surface area contributed by atoms with E-state index in [4.69, 9.17) is 5.73 Å². The van der Waals surface area contributed by atoms with Crippen molar-refractivity contribution < 1.29 is 31.1 Å². The van der Waals surface area contributed by atoms with E-state index in [0.717, 1.165) is 23.1 Å². The van der Waals surface area contributed by atoms with Crippen LogP contribution in [-0.2, 0) is 18.9 Å². The van der Waals surface area contributed by atoms with E-state index in [1.165, 1.54) is 26.1 Å². The van der Waals surface area contributed by atoms with Gasteiger partial charge in [0.1, 0.15) is 9.71 Å². The number of benzene rings is 1. The number of halogens is 6. The number of fused-ring (bicyclic) bond motifs is 1. The summed E-state index contributed by atoms with van der Waals surface area (Å²) < 4.78 is 78.8. The first kappa shape index (κ1) is 21.9. The van der Waals surface area contributed by atoms with Crippen LogP contribution < -0.4 is 5.73 Å². The smallest absolute Gasteiger partial charge is 0.397 e. The van der Waals surface area contributed by atoms with Crippen molar-refractivity contribution in [2.24, 2.45) is 0 Å². The van der Waals surface area contributed by atoms with Gasteiger partial charge in [0, 0.05) is 24.7 Å². The second-order valence-electron chi connectivity index (χ2n) is 6.69. The van der Waals surface area contributed by atoms with E-state index in [-0.39, 0.29) is 38.6 Å². The molecular formula is C19H15F6N3OS. The van der Waals surface area contributed by atoms with Gasteiger partial charge in [-0.05, 0) is 30.7 Å². The molecule has 30 heavy (non-hydrogen) atoms. The highest BCUT2D eigenvalue weighted by Crippen LogP contribution is 2.42. The summed E-state index contributed by atoms with van der Waals surface area (Å²) >= 11 is 0.715. The second-order valence-corrected chi connectivity index (χ2v) is 7.69. The largest absolute Gasteiger partial charge is 0.417 e. The molecule has 1 amide bonds. The molecule has 0 saturated heterocycles. The predicted molar refractivity (Wildman–Crippen MR) is 101 cm³/mol. The number of carbonyl (C=O) groups is 1. The molecule has 0 radical (unpaired) electrons. The lowest BCUT2D eigenvalue weighted by atomic mass is 10.1. The lowest BCUT2D eigenvalue weighted by Crippen LogP contribution is -2.26. The molecule has 0 saturated carbocycles. The quantitative estimate of drug-likeness (QED) is 0.540. The van der Waals surface area contributed by atoms with Gasteiger partial charge in [-0.2, -0.15) is 26.3 Å². The number of alkyl halides is 6. The first-order valence-corrected chi connectivity index (χ1v) is 9.29. The highest BCUT2D eigenvalue weighted by atomic mass is 32.1. The molecule has 2 aromatic heterocycles. The molecular weight excluding hydrogens is 432 g/mol. The fourth-order valence-corrected chi connectivity index (χ4v) is 4.15. The Morgan fingerprint density at radius 1 is 1.13 bits per heavy atom. The van der Waals surface area contributed by atoms with Crippen LogP contribution in [0.5, 0.6) is 0 Å². The zero-order valence-corrected chi connectivity index (χ0v) is 16.5. The Hall–Kier alpha value is -2.82. The van der Waals surface area contributed by atoms with Crippen molar-refractivity contribution >= 4 is 33.1 Å². The fourth-order valence-electron chi connectivity index (χ4n) is 2.99. The van der Waals surface area contributed by atoms with Crippen LogP contribution in [0.4, 0.5) is 32.0 Å². The summed E-state index contributed by atoms with van der Waals surface area (Å²) in [6.07, 6.45) is -9.22. The Morgan fingerprint density at radius 2 is 1.80 bits per heavy atom. The number of nitrogen functional groups attached to an aromatic ring is 1. The van der Waals surface area contributed by atoms with Crippen LogP contribution in [0.25, 0.3) is 10.2 Å². The monoisotopic (exact) mass is 447 g/mol. The molecule has 0 aliphatic rings. The summed E-state index contributed by atoms with van der Waals surface area (Å²) in [4.78, 5) is 17.7. The van der Waals surface area contributed by atoms with E-state index in [9.17, 15) is 31.1 Å². The van der Waals surface area contributed by atoms with Gasteiger partial charge >= 0.3 is 12.4 Å². The van der Waals surface area contributed by atoms with Gasteiger partial charge in [0.25, 0.3) is 5.91 Å². The van der Waals surface area contributed by atoms with Crippen LogP contribution in [0, 0.1) is 6.92 Å². The minimum Gasteiger partial charge on any atom is -0.397 e. The molecule has 0 unspecified atom stereocenters. The summed E-state index contributed by atoms with van der Waals surface area (Å²) in [5.41, 5.74) is 4.00. The van der Waals surface area contributed by atoms with E-state index in [0.29, 0.717) is 11.3 Å². The molecule has 160 valence electrons. The number of thiophene rings is 1. The Bertz CT molecular complexity index is 1120.